The van der Waals surface area contributed by atoms with E-state index in [1.165, 1.54) is 5.56 Å². The van der Waals surface area contributed by atoms with Crippen LogP contribution in [0.2, 0.25) is 0 Å². The number of rotatable bonds is 6. The lowest BCUT2D eigenvalue weighted by Crippen LogP contribution is -2.31. The Labute approximate surface area is 110 Å². The molecule has 5 heteroatoms. The van der Waals surface area contributed by atoms with Gasteiger partial charge in [0, 0.05) is 6.54 Å². The summed E-state index contributed by atoms with van der Waals surface area (Å²) >= 11 is 0. The maximum Gasteiger partial charge on any atom is 0.213 e. The van der Waals surface area contributed by atoms with E-state index in [9.17, 15) is 8.42 Å². The van der Waals surface area contributed by atoms with Gasteiger partial charge in [-0.1, -0.05) is 30.3 Å². The molecule has 1 rings (SSSR count). The molecule has 0 spiro atoms. The van der Waals surface area contributed by atoms with Gasteiger partial charge in [0.1, 0.15) is 0 Å². The highest BCUT2D eigenvalue weighted by Crippen LogP contribution is 2.02. The lowest BCUT2D eigenvalue weighted by molar-refractivity contribution is 0.570. The van der Waals surface area contributed by atoms with Gasteiger partial charge in [-0.15, -0.1) is 12.4 Å². The van der Waals surface area contributed by atoms with Crippen LogP contribution in [0.3, 0.4) is 0 Å². The Hall–Kier alpha value is -0.580. The second-order valence-electron chi connectivity index (χ2n) is 4.08. The maximum atomic E-state index is 11.4. The average Bonchev–Trinajstić information content (AvgIpc) is 2.26. The molecular weight excluding hydrogens is 258 g/mol. The van der Waals surface area contributed by atoms with Gasteiger partial charge < -0.3 is 0 Å². The zero-order valence-electron chi connectivity index (χ0n) is 10.2. The molecule has 0 aromatic heterocycles. The summed E-state index contributed by atoms with van der Waals surface area (Å²) < 4.78 is 25.5. The summed E-state index contributed by atoms with van der Waals surface area (Å²) in [5.74, 6) is 0. The van der Waals surface area contributed by atoms with Crippen molar-refractivity contribution in [3.8, 4) is 0 Å². The fraction of sp³-hybridized carbons (Fsp3) is 0.500. The third-order valence-corrected chi connectivity index (χ3v) is 4.26. The Kier molecular flexibility index (Phi) is 7.43. The summed E-state index contributed by atoms with van der Waals surface area (Å²) in [6, 6.07) is 10.1. The third-order valence-electron chi connectivity index (χ3n) is 2.41. The molecule has 3 nitrogen and oxygen atoms in total. The number of benzene rings is 1. The van der Waals surface area contributed by atoms with Gasteiger partial charge in [0.2, 0.25) is 10.0 Å². The molecular formula is C12H20ClNO2S. The Morgan fingerprint density at radius 2 is 1.76 bits per heavy atom. The Morgan fingerprint density at radius 1 is 1.18 bits per heavy atom. The van der Waals surface area contributed by atoms with E-state index < -0.39 is 10.0 Å². The highest BCUT2D eigenvalue weighted by molar-refractivity contribution is 7.90. The van der Waals surface area contributed by atoms with E-state index in [4.69, 9.17) is 0 Å². The van der Waals surface area contributed by atoms with Crippen LogP contribution in [0.15, 0.2) is 30.3 Å². The van der Waals surface area contributed by atoms with Crippen LogP contribution in [0.5, 0.6) is 0 Å². The van der Waals surface area contributed by atoms with Gasteiger partial charge in [0.05, 0.1) is 5.25 Å². The van der Waals surface area contributed by atoms with Crippen molar-refractivity contribution in [1.82, 2.24) is 4.72 Å². The monoisotopic (exact) mass is 277 g/mol. The first-order valence-electron chi connectivity index (χ1n) is 5.55. The zero-order valence-corrected chi connectivity index (χ0v) is 11.9. The molecule has 0 saturated carbocycles. The molecule has 0 aliphatic carbocycles. The minimum Gasteiger partial charge on any atom is -0.215 e. The van der Waals surface area contributed by atoms with Crippen LogP contribution >= 0.6 is 12.4 Å². The number of hydrogen-bond acceptors (Lipinski definition) is 2. The lowest BCUT2D eigenvalue weighted by Gasteiger charge is -2.09. The topological polar surface area (TPSA) is 46.2 Å². The van der Waals surface area contributed by atoms with Crippen LogP contribution in [-0.4, -0.2) is 20.2 Å². The number of sulfonamides is 1. The summed E-state index contributed by atoms with van der Waals surface area (Å²) in [5.41, 5.74) is 1.24. The first-order chi connectivity index (χ1) is 7.52. The van der Waals surface area contributed by atoms with Crippen LogP contribution in [0.1, 0.15) is 25.8 Å². The Morgan fingerprint density at radius 3 is 2.29 bits per heavy atom. The number of aryl methyl sites for hydroxylation is 1. The number of hydrogen-bond donors (Lipinski definition) is 1. The number of nitrogens with one attached hydrogen (secondary N) is 1. The second kappa shape index (κ2) is 7.69. The summed E-state index contributed by atoms with van der Waals surface area (Å²) in [4.78, 5) is 0. The molecule has 0 unspecified atom stereocenters. The molecule has 0 bridgehead atoms. The molecule has 17 heavy (non-hydrogen) atoms. The van der Waals surface area contributed by atoms with Crippen LogP contribution < -0.4 is 4.72 Å². The van der Waals surface area contributed by atoms with Gasteiger partial charge in [0.25, 0.3) is 0 Å². The van der Waals surface area contributed by atoms with Crippen LogP contribution in [-0.2, 0) is 16.4 Å². The van der Waals surface area contributed by atoms with E-state index in [0.717, 1.165) is 12.8 Å². The predicted molar refractivity (Wildman–Crippen MR) is 74.1 cm³/mol. The molecule has 1 aromatic carbocycles. The first-order valence-corrected chi connectivity index (χ1v) is 7.09. The van der Waals surface area contributed by atoms with E-state index in [2.05, 4.69) is 16.9 Å². The van der Waals surface area contributed by atoms with Crippen molar-refractivity contribution in [2.24, 2.45) is 0 Å². The zero-order chi connectivity index (χ0) is 12.0. The van der Waals surface area contributed by atoms with E-state index in [1.807, 2.05) is 18.2 Å². The van der Waals surface area contributed by atoms with Crippen molar-refractivity contribution < 1.29 is 8.42 Å². The summed E-state index contributed by atoms with van der Waals surface area (Å²) in [7, 11) is -3.10. The average molecular weight is 278 g/mol. The minimum atomic E-state index is -3.10. The first kappa shape index (κ1) is 16.4. The van der Waals surface area contributed by atoms with Crippen LogP contribution in [0.25, 0.3) is 0 Å². The van der Waals surface area contributed by atoms with Crippen molar-refractivity contribution in [1.29, 1.82) is 0 Å². The molecule has 0 aliphatic rings. The third kappa shape index (κ3) is 6.05. The van der Waals surface area contributed by atoms with E-state index in [0.29, 0.717) is 6.54 Å². The maximum absolute atomic E-state index is 11.4. The highest BCUT2D eigenvalue weighted by atomic mass is 35.5. The smallest absolute Gasteiger partial charge is 0.213 e. The van der Waals surface area contributed by atoms with Gasteiger partial charge >= 0.3 is 0 Å². The Bertz CT molecular complexity index is 404. The largest absolute Gasteiger partial charge is 0.215 e. The molecule has 0 radical (unpaired) electrons. The standard InChI is InChI=1S/C12H19NO2S.ClH/c1-11(2)16(14,15)13-10-6-9-12-7-4-3-5-8-12;/h3-5,7-8,11,13H,6,9-10H2,1-2H3;1H. The molecule has 1 aromatic rings. The molecule has 0 heterocycles. The van der Waals surface area contributed by atoms with Crippen molar-refractivity contribution >= 4 is 22.4 Å². The highest BCUT2D eigenvalue weighted by Gasteiger charge is 2.13. The molecule has 1 N–H and O–H groups in total. The quantitative estimate of drug-likeness (QED) is 0.812. The van der Waals surface area contributed by atoms with E-state index >= 15 is 0 Å². The number of halogens is 1. The Balaban J connectivity index is 0.00000256. The lowest BCUT2D eigenvalue weighted by atomic mass is 10.1. The van der Waals surface area contributed by atoms with Crippen molar-refractivity contribution in [2.45, 2.75) is 31.9 Å². The molecule has 0 atom stereocenters. The van der Waals surface area contributed by atoms with Gasteiger partial charge in [0.15, 0.2) is 0 Å². The summed E-state index contributed by atoms with van der Waals surface area (Å²) in [6.07, 6.45) is 1.73. The SMILES string of the molecule is CC(C)S(=O)(=O)NCCCc1ccccc1.Cl. The predicted octanol–water partition coefficient (Wildman–Crippen LogP) is 2.37. The van der Waals surface area contributed by atoms with Crippen LogP contribution in [0, 0.1) is 0 Å². The molecule has 0 saturated heterocycles. The fourth-order valence-electron chi connectivity index (χ4n) is 1.32. The minimum absolute atomic E-state index is 0. The van der Waals surface area contributed by atoms with Gasteiger partial charge in [-0.25, -0.2) is 13.1 Å². The van der Waals surface area contributed by atoms with E-state index in [-0.39, 0.29) is 17.7 Å². The van der Waals surface area contributed by atoms with Crippen molar-refractivity contribution in [2.75, 3.05) is 6.54 Å². The molecule has 98 valence electrons. The van der Waals surface area contributed by atoms with Gasteiger partial charge in [-0.3, -0.25) is 0 Å². The van der Waals surface area contributed by atoms with Crippen molar-refractivity contribution in [3.05, 3.63) is 35.9 Å². The summed E-state index contributed by atoms with van der Waals surface area (Å²) in [6.45, 7) is 3.87. The fourth-order valence-corrected chi connectivity index (χ4v) is 2.08. The van der Waals surface area contributed by atoms with Gasteiger partial charge in [-0.2, -0.15) is 0 Å². The van der Waals surface area contributed by atoms with Crippen molar-refractivity contribution in [3.63, 3.8) is 0 Å². The second-order valence-corrected chi connectivity index (χ2v) is 6.40. The normalized spacial score (nSPS) is 11.2. The molecule has 0 aliphatic heterocycles. The van der Waals surface area contributed by atoms with Crippen LogP contribution in [0.4, 0.5) is 0 Å². The van der Waals surface area contributed by atoms with Gasteiger partial charge in [-0.05, 0) is 32.3 Å². The molecule has 0 fully saturated rings. The summed E-state index contributed by atoms with van der Waals surface area (Å²) in [5, 5.41) is -0.357. The molecule has 0 amide bonds. The van der Waals surface area contributed by atoms with E-state index in [1.54, 1.807) is 13.8 Å².